The van der Waals surface area contributed by atoms with Gasteiger partial charge in [0.1, 0.15) is 11.2 Å². The molecule has 0 fully saturated rings. The highest BCUT2D eigenvalue weighted by Crippen LogP contribution is 2.47. The van der Waals surface area contributed by atoms with E-state index in [-0.39, 0.29) is 0 Å². The number of hydrogen-bond acceptors (Lipinski definition) is 4. The van der Waals surface area contributed by atoms with E-state index in [0.29, 0.717) is 5.82 Å². The molecule has 0 spiro atoms. The average molecular weight is 605 g/mol. The Hall–Kier alpha value is -5.91. The van der Waals surface area contributed by atoms with Crippen LogP contribution in [-0.4, -0.2) is 19.5 Å². The molecule has 0 N–H and O–H groups in total. The maximum absolute atomic E-state index is 5.13. The van der Waals surface area contributed by atoms with Crippen LogP contribution in [-0.2, 0) is 0 Å². The van der Waals surface area contributed by atoms with E-state index in [1.54, 1.807) is 6.20 Å². The van der Waals surface area contributed by atoms with Gasteiger partial charge in [-0.2, -0.15) is 0 Å². The summed E-state index contributed by atoms with van der Waals surface area (Å²) in [5, 5.41) is 7.73. The first kappa shape index (κ1) is 25.4. The molecule has 0 bridgehead atoms. The van der Waals surface area contributed by atoms with Crippen molar-refractivity contribution in [3.05, 3.63) is 146 Å². The third-order valence-corrected chi connectivity index (χ3v) is 10.2. The number of rotatable bonds is 3. The summed E-state index contributed by atoms with van der Waals surface area (Å²) >= 11 is 1.88. The molecule has 4 nitrogen and oxygen atoms in total. The van der Waals surface area contributed by atoms with Crippen LogP contribution in [0, 0.1) is 0 Å². The summed E-state index contributed by atoms with van der Waals surface area (Å²) in [7, 11) is 0. The molecule has 0 saturated heterocycles. The Balaban J connectivity index is 1.30. The number of hydrogen-bond donors (Lipinski definition) is 0. The molecule has 0 saturated carbocycles. The van der Waals surface area contributed by atoms with Crippen molar-refractivity contribution in [1.82, 2.24) is 19.5 Å². The topological polar surface area (TPSA) is 43.6 Å². The Morgan fingerprint density at radius 3 is 2.13 bits per heavy atom. The number of pyridine rings is 1. The number of aromatic nitrogens is 4. The highest BCUT2D eigenvalue weighted by Gasteiger charge is 2.22. The minimum Gasteiger partial charge on any atom is -0.308 e. The Bertz CT molecular complexity index is 2810. The third-order valence-electron chi connectivity index (χ3n) is 9.02. The van der Waals surface area contributed by atoms with E-state index < -0.39 is 0 Å². The number of benzene rings is 6. The molecule has 0 aliphatic carbocycles. The van der Waals surface area contributed by atoms with Crippen LogP contribution in [0.1, 0.15) is 0 Å². The Kier molecular flexibility index (Phi) is 5.41. The van der Waals surface area contributed by atoms with Crippen LogP contribution >= 0.6 is 11.3 Å². The quantitative estimate of drug-likeness (QED) is 0.201. The van der Waals surface area contributed by atoms with Crippen molar-refractivity contribution < 1.29 is 0 Å². The van der Waals surface area contributed by atoms with E-state index in [1.165, 1.54) is 52.8 Å². The number of nitrogens with zero attached hydrogens (tertiary/aromatic N) is 4. The van der Waals surface area contributed by atoms with Crippen LogP contribution in [0.15, 0.2) is 146 Å². The summed E-state index contributed by atoms with van der Waals surface area (Å²) < 4.78 is 5.04. The number of fused-ring (bicyclic) bond motifs is 11. The van der Waals surface area contributed by atoms with Crippen molar-refractivity contribution >= 4 is 75.1 Å². The summed E-state index contributed by atoms with van der Waals surface area (Å²) in [6.07, 6.45) is 1.80. The molecule has 0 aliphatic rings. The maximum Gasteiger partial charge on any atom is 0.160 e. The molecule has 10 rings (SSSR count). The highest BCUT2D eigenvalue weighted by atomic mass is 32.1. The van der Waals surface area contributed by atoms with Crippen LogP contribution in [0.25, 0.3) is 92.1 Å². The summed E-state index contributed by atoms with van der Waals surface area (Å²) in [5.74, 6) is 0.680. The van der Waals surface area contributed by atoms with Crippen LogP contribution in [0.3, 0.4) is 0 Å². The standard InChI is InChI=1S/C41H24N4S/c1-2-12-25(13-3-1)37-38-32(20-11-23-42-38)43-41(44-37)26-14-10-15-27(24-26)45-33-21-8-6-18-30(33)35-28-16-4-5-17-29(28)36-31-19-7-9-22-34(31)46-40(36)39(35)45/h1-24H. The summed E-state index contributed by atoms with van der Waals surface area (Å²) in [6, 6.07) is 49.3. The lowest BCUT2D eigenvalue weighted by Gasteiger charge is -2.12. The van der Waals surface area contributed by atoms with Crippen molar-refractivity contribution in [2.45, 2.75) is 0 Å². The monoisotopic (exact) mass is 604 g/mol. The maximum atomic E-state index is 5.13. The van der Waals surface area contributed by atoms with Gasteiger partial charge >= 0.3 is 0 Å². The molecule has 6 aromatic carbocycles. The smallest absolute Gasteiger partial charge is 0.160 e. The predicted octanol–water partition coefficient (Wildman–Crippen LogP) is 11.0. The molecule has 0 atom stereocenters. The van der Waals surface area contributed by atoms with Gasteiger partial charge in [-0.3, -0.25) is 4.98 Å². The van der Waals surface area contributed by atoms with Gasteiger partial charge in [-0.05, 0) is 47.2 Å². The fourth-order valence-corrected chi connectivity index (χ4v) is 8.33. The van der Waals surface area contributed by atoms with Crippen molar-refractivity contribution in [3.63, 3.8) is 0 Å². The number of thiophene rings is 1. The minimum atomic E-state index is 0.680. The molecule has 0 radical (unpaired) electrons. The van der Waals surface area contributed by atoms with Gasteiger partial charge in [-0.15, -0.1) is 11.3 Å². The van der Waals surface area contributed by atoms with E-state index in [9.17, 15) is 0 Å². The van der Waals surface area contributed by atoms with E-state index >= 15 is 0 Å². The SMILES string of the molecule is c1ccc(-c2nc(-c3cccc(-n4c5ccccc5c5c6ccccc6c6c7ccccc7sc6c54)c3)nc3cccnc23)cc1. The molecule has 5 heteroatoms. The molecule has 10 aromatic rings. The normalized spacial score (nSPS) is 11.9. The largest absolute Gasteiger partial charge is 0.308 e. The van der Waals surface area contributed by atoms with Gasteiger partial charge in [-0.25, -0.2) is 9.97 Å². The van der Waals surface area contributed by atoms with Gasteiger partial charge in [0.25, 0.3) is 0 Å². The van der Waals surface area contributed by atoms with E-state index in [2.05, 4.69) is 119 Å². The fraction of sp³-hybridized carbons (Fsp3) is 0. The van der Waals surface area contributed by atoms with Crippen molar-refractivity contribution in [2.24, 2.45) is 0 Å². The molecular weight excluding hydrogens is 581 g/mol. The van der Waals surface area contributed by atoms with Crippen LogP contribution in [0.4, 0.5) is 0 Å². The van der Waals surface area contributed by atoms with Crippen molar-refractivity contribution in [3.8, 4) is 28.3 Å². The molecule has 0 unspecified atom stereocenters. The zero-order valence-electron chi connectivity index (χ0n) is 24.6. The predicted molar refractivity (Wildman–Crippen MR) is 193 cm³/mol. The van der Waals surface area contributed by atoms with Crippen LogP contribution < -0.4 is 0 Å². The summed E-state index contributed by atoms with van der Waals surface area (Å²) in [5.41, 5.74) is 7.94. The van der Waals surface area contributed by atoms with Gasteiger partial charge in [0.2, 0.25) is 0 Å². The van der Waals surface area contributed by atoms with Gasteiger partial charge < -0.3 is 4.57 Å². The summed E-state index contributed by atoms with van der Waals surface area (Å²) in [6.45, 7) is 0. The zero-order chi connectivity index (χ0) is 30.2. The first-order valence-corrected chi connectivity index (χ1v) is 16.2. The first-order valence-electron chi connectivity index (χ1n) is 15.4. The van der Waals surface area contributed by atoms with E-state index in [1.807, 2.05) is 41.7 Å². The van der Waals surface area contributed by atoms with Crippen molar-refractivity contribution in [2.75, 3.05) is 0 Å². The van der Waals surface area contributed by atoms with Gasteiger partial charge in [0.15, 0.2) is 5.82 Å². The lowest BCUT2D eigenvalue weighted by Crippen LogP contribution is -1.98. The van der Waals surface area contributed by atoms with Gasteiger partial charge in [0, 0.05) is 49.3 Å². The second-order valence-electron chi connectivity index (χ2n) is 11.6. The second-order valence-corrected chi connectivity index (χ2v) is 12.7. The second kappa shape index (κ2) is 9.80. The molecular formula is C41H24N4S. The van der Waals surface area contributed by atoms with E-state index in [0.717, 1.165) is 33.5 Å². The lowest BCUT2D eigenvalue weighted by atomic mass is 9.99. The Morgan fingerprint density at radius 2 is 1.26 bits per heavy atom. The van der Waals surface area contributed by atoms with Crippen LogP contribution in [0.2, 0.25) is 0 Å². The fourth-order valence-electron chi connectivity index (χ4n) is 7.07. The average Bonchev–Trinajstić information content (AvgIpc) is 3.69. The Labute approximate surface area is 267 Å². The Morgan fingerprint density at radius 1 is 0.543 bits per heavy atom. The third kappa shape index (κ3) is 3.63. The lowest BCUT2D eigenvalue weighted by molar-refractivity contribution is 1.17. The highest BCUT2D eigenvalue weighted by molar-refractivity contribution is 7.27. The zero-order valence-corrected chi connectivity index (χ0v) is 25.4. The first-order chi connectivity index (χ1) is 22.8. The number of para-hydroxylation sites is 1. The molecule has 46 heavy (non-hydrogen) atoms. The van der Waals surface area contributed by atoms with Crippen LogP contribution in [0.5, 0.6) is 0 Å². The van der Waals surface area contributed by atoms with Gasteiger partial charge in [0.05, 0.1) is 21.3 Å². The molecule has 4 heterocycles. The summed E-state index contributed by atoms with van der Waals surface area (Å²) in [4.78, 5) is 14.8. The van der Waals surface area contributed by atoms with E-state index in [4.69, 9.17) is 9.97 Å². The van der Waals surface area contributed by atoms with Crippen molar-refractivity contribution in [1.29, 1.82) is 0 Å². The molecule has 0 amide bonds. The molecule has 214 valence electrons. The van der Waals surface area contributed by atoms with Gasteiger partial charge in [-0.1, -0.05) is 103 Å². The minimum absolute atomic E-state index is 0.680. The molecule has 0 aliphatic heterocycles. The molecule has 4 aromatic heterocycles.